The molecule has 11 heteroatoms. The van der Waals surface area contributed by atoms with Crippen LogP contribution in [0.4, 0.5) is 0 Å². The highest BCUT2D eigenvalue weighted by atomic mass is 35.5. The second-order valence-corrected chi connectivity index (χ2v) is 10.3. The van der Waals surface area contributed by atoms with Crippen LogP contribution < -0.4 is 15.5 Å². The highest BCUT2D eigenvalue weighted by Gasteiger charge is 2.25. The summed E-state index contributed by atoms with van der Waals surface area (Å²) in [5, 5.41) is 8.20. The van der Waals surface area contributed by atoms with Gasteiger partial charge in [-0.15, -0.1) is 0 Å². The maximum atomic E-state index is 13.1. The quantitative estimate of drug-likeness (QED) is 0.145. The molecule has 7 nitrogen and oxygen atoms in total. The Balaban J connectivity index is 1.43. The third-order valence-electron chi connectivity index (χ3n) is 5.69. The largest absolute Gasteiger partial charge is 0.479 e. The zero-order chi connectivity index (χ0) is 28.6. The lowest BCUT2D eigenvalue weighted by molar-refractivity contribution is -0.132. The number of amides is 2. The van der Waals surface area contributed by atoms with E-state index >= 15 is 0 Å². The van der Waals surface area contributed by atoms with Gasteiger partial charge in [0.15, 0.2) is 6.10 Å². The summed E-state index contributed by atoms with van der Waals surface area (Å²) in [6.45, 7) is 1.55. The molecule has 40 heavy (non-hydrogen) atoms. The number of benzene rings is 3. The molecular weight excluding hydrogens is 596 g/mol. The van der Waals surface area contributed by atoms with Crippen molar-refractivity contribution in [3.05, 3.63) is 110 Å². The minimum Gasteiger partial charge on any atom is -0.479 e. The Morgan fingerprint density at radius 2 is 1.70 bits per heavy atom. The van der Waals surface area contributed by atoms with Crippen LogP contribution in [-0.4, -0.2) is 30.2 Å². The maximum Gasteiger partial charge on any atom is 0.262 e. The second kappa shape index (κ2) is 13.7. The van der Waals surface area contributed by atoms with Crippen LogP contribution in [0.3, 0.4) is 0 Å². The molecule has 3 aromatic carbocycles. The van der Waals surface area contributed by atoms with Gasteiger partial charge in [0.2, 0.25) is 0 Å². The molecule has 206 valence electrons. The van der Waals surface area contributed by atoms with Crippen molar-refractivity contribution < 1.29 is 18.7 Å². The molecule has 0 aliphatic carbocycles. The Kier molecular flexibility index (Phi) is 10.1. The number of carbonyl (C=O) groups is 2. The average Bonchev–Trinajstić information content (AvgIpc) is 3.40. The van der Waals surface area contributed by atoms with Gasteiger partial charge in [-0.2, -0.15) is 5.10 Å². The van der Waals surface area contributed by atoms with Gasteiger partial charge in [-0.05, 0) is 55.0 Å². The van der Waals surface area contributed by atoms with Crippen molar-refractivity contribution >= 4 is 64.4 Å². The molecule has 0 spiro atoms. The molecule has 0 saturated heterocycles. The van der Waals surface area contributed by atoms with E-state index in [9.17, 15) is 9.59 Å². The topological polar surface area (TPSA) is 92.9 Å². The minimum atomic E-state index is -0.951. The summed E-state index contributed by atoms with van der Waals surface area (Å²) in [6, 6.07) is 21.6. The summed E-state index contributed by atoms with van der Waals surface area (Å²) in [7, 11) is 0. The van der Waals surface area contributed by atoms with E-state index in [-0.39, 0.29) is 11.4 Å². The molecule has 2 amide bonds. The fourth-order valence-electron chi connectivity index (χ4n) is 3.66. The number of rotatable bonds is 10. The molecule has 0 fully saturated rings. The molecule has 0 unspecified atom stereocenters. The molecular formula is C29H23Cl4N3O4. The summed E-state index contributed by atoms with van der Waals surface area (Å²) in [5.74, 6) is 0.107. The van der Waals surface area contributed by atoms with Gasteiger partial charge < -0.3 is 14.5 Å². The number of nitrogens with one attached hydrogen (secondary N) is 2. The first-order chi connectivity index (χ1) is 19.2. The lowest BCUT2D eigenvalue weighted by Gasteiger charge is -2.21. The van der Waals surface area contributed by atoms with Gasteiger partial charge >= 0.3 is 0 Å². The van der Waals surface area contributed by atoms with E-state index in [1.807, 2.05) is 30.3 Å². The number of nitrogens with zero attached hydrogens (tertiary/aromatic N) is 1. The monoisotopic (exact) mass is 617 g/mol. The van der Waals surface area contributed by atoms with Crippen molar-refractivity contribution in [2.75, 3.05) is 0 Å². The van der Waals surface area contributed by atoms with Crippen LogP contribution in [0, 0.1) is 0 Å². The number of ether oxygens (including phenoxy) is 1. The first-order valence-corrected chi connectivity index (χ1v) is 13.6. The fourth-order valence-corrected chi connectivity index (χ4v) is 4.51. The maximum absolute atomic E-state index is 13.1. The molecule has 2 N–H and O–H groups in total. The Labute approximate surface area is 251 Å². The van der Waals surface area contributed by atoms with E-state index in [0.717, 1.165) is 5.56 Å². The number of hydrogen-bond acceptors (Lipinski definition) is 5. The third-order valence-corrected chi connectivity index (χ3v) is 7.04. The summed E-state index contributed by atoms with van der Waals surface area (Å²) in [5.41, 5.74) is 3.93. The lowest BCUT2D eigenvalue weighted by Crippen LogP contribution is -2.50. The second-order valence-electron chi connectivity index (χ2n) is 8.62. The minimum absolute atomic E-state index is 0.223. The molecule has 0 radical (unpaired) electrons. The Bertz CT molecular complexity index is 1520. The molecule has 0 aliphatic rings. The van der Waals surface area contributed by atoms with Gasteiger partial charge in [-0.3, -0.25) is 9.59 Å². The molecule has 2 atom stereocenters. The zero-order valence-electron chi connectivity index (χ0n) is 21.0. The predicted molar refractivity (Wildman–Crippen MR) is 159 cm³/mol. The average molecular weight is 619 g/mol. The van der Waals surface area contributed by atoms with Crippen LogP contribution in [0.5, 0.6) is 5.75 Å². The van der Waals surface area contributed by atoms with Crippen LogP contribution >= 0.6 is 46.4 Å². The lowest BCUT2D eigenvalue weighted by atomic mass is 10.1. The predicted octanol–water partition coefficient (Wildman–Crippen LogP) is 7.21. The van der Waals surface area contributed by atoms with E-state index < -0.39 is 24.0 Å². The standard InChI is InChI=1S/C29H23Cl4N3O4/c1-17(39-26-12-10-19(30)15-23(26)32)28(37)35-24(14-18-6-3-2-4-7-18)29(38)36-34-16-20-11-13-25(40-20)21-8-5-9-22(31)27(21)33/h2-13,15-17,24H,14H2,1H3,(H,35,37)(H,36,38)/b34-16-/t17-,24-/m1/s1. The van der Waals surface area contributed by atoms with Gasteiger partial charge in [-0.25, -0.2) is 5.43 Å². The first kappa shape index (κ1) is 29.5. The van der Waals surface area contributed by atoms with Crippen LogP contribution in [0.2, 0.25) is 20.1 Å². The van der Waals surface area contributed by atoms with Crippen LogP contribution in [0.1, 0.15) is 18.2 Å². The number of hydrazone groups is 1. The molecule has 4 rings (SSSR count). The molecule has 0 bridgehead atoms. The van der Waals surface area contributed by atoms with E-state index in [1.54, 1.807) is 49.4 Å². The van der Waals surface area contributed by atoms with E-state index in [2.05, 4.69) is 15.8 Å². The van der Waals surface area contributed by atoms with Crippen molar-refractivity contribution in [2.45, 2.75) is 25.5 Å². The van der Waals surface area contributed by atoms with Crippen molar-refractivity contribution in [2.24, 2.45) is 5.10 Å². The number of halogens is 4. The zero-order valence-corrected chi connectivity index (χ0v) is 24.1. The smallest absolute Gasteiger partial charge is 0.262 e. The number of carbonyl (C=O) groups excluding carboxylic acids is 2. The van der Waals surface area contributed by atoms with Crippen molar-refractivity contribution in [1.82, 2.24) is 10.7 Å². The van der Waals surface area contributed by atoms with Crippen LogP contribution in [0.15, 0.2) is 88.4 Å². The molecule has 0 aliphatic heterocycles. The highest BCUT2D eigenvalue weighted by Crippen LogP contribution is 2.34. The summed E-state index contributed by atoms with van der Waals surface area (Å²) >= 11 is 24.4. The highest BCUT2D eigenvalue weighted by molar-refractivity contribution is 6.43. The van der Waals surface area contributed by atoms with Gasteiger partial charge in [0, 0.05) is 17.0 Å². The fraction of sp³-hybridized carbons (Fsp3) is 0.138. The Morgan fingerprint density at radius 3 is 2.45 bits per heavy atom. The van der Waals surface area contributed by atoms with Crippen LogP contribution in [0.25, 0.3) is 11.3 Å². The first-order valence-electron chi connectivity index (χ1n) is 12.0. The molecule has 1 heterocycles. The number of furan rings is 1. The molecule has 4 aromatic rings. The van der Waals surface area contributed by atoms with Gasteiger partial charge in [0.25, 0.3) is 11.8 Å². The summed E-state index contributed by atoms with van der Waals surface area (Å²) < 4.78 is 11.5. The summed E-state index contributed by atoms with van der Waals surface area (Å²) in [4.78, 5) is 26.0. The van der Waals surface area contributed by atoms with Gasteiger partial charge in [-0.1, -0.05) is 82.8 Å². The molecule has 1 aromatic heterocycles. The normalized spacial score (nSPS) is 12.6. The third kappa shape index (κ3) is 7.79. The molecule has 0 saturated carbocycles. The number of hydrogen-bond donors (Lipinski definition) is 2. The summed E-state index contributed by atoms with van der Waals surface area (Å²) in [6.07, 6.45) is 0.615. The Morgan fingerprint density at radius 1 is 0.925 bits per heavy atom. The van der Waals surface area contributed by atoms with E-state index in [0.29, 0.717) is 37.9 Å². The van der Waals surface area contributed by atoms with Crippen molar-refractivity contribution in [1.29, 1.82) is 0 Å². The van der Waals surface area contributed by atoms with E-state index in [4.69, 9.17) is 55.6 Å². The van der Waals surface area contributed by atoms with Gasteiger partial charge in [0.1, 0.15) is 23.3 Å². The van der Waals surface area contributed by atoms with E-state index in [1.165, 1.54) is 12.3 Å². The SMILES string of the molecule is C[C@@H](Oc1ccc(Cl)cc1Cl)C(=O)N[C@H](Cc1ccccc1)C(=O)N/N=C\c1ccc(-c2cccc(Cl)c2Cl)o1. The van der Waals surface area contributed by atoms with Crippen molar-refractivity contribution in [3.8, 4) is 17.1 Å². The van der Waals surface area contributed by atoms with Crippen molar-refractivity contribution in [3.63, 3.8) is 0 Å². The van der Waals surface area contributed by atoms with Gasteiger partial charge in [0.05, 0.1) is 21.3 Å². The Hall–Kier alpha value is -3.49. The van der Waals surface area contributed by atoms with Crippen LogP contribution in [-0.2, 0) is 16.0 Å².